The third-order valence-electron chi connectivity index (χ3n) is 5.94. The van der Waals surface area contributed by atoms with E-state index >= 15 is 0 Å². The molecule has 1 aromatic heterocycles. The third-order valence-corrected chi connectivity index (χ3v) is 7.17. The number of thiazole rings is 1. The molecule has 0 spiro atoms. The molecule has 1 atom stereocenters. The number of allylic oxidation sites excluding steroid dienone is 1. The van der Waals surface area contributed by atoms with Crippen molar-refractivity contribution in [3.63, 3.8) is 0 Å². The van der Waals surface area contributed by atoms with Gasteiger partial charge in [-0.05, 0) is 60.5 Å². The maximum atomic E-state index is 13.7. The quantitative estimate of drug-likeness (QED) is 0.404. The Balaban J connectivity index is 1.64. The van der Waals surface area contributed by atoms with Gasteiger partial charge in [-0.25, -0.2) is 9.79 Å². The molecule has 0 bridgehead atoms. The lowest BCUT2D eigenvalue weighted by atomic mass is 9.95. The van der Waals surface area contributed by atoms with E-state index in [9.17, 15) is 14.4 Å². The number of carbonyl (C=O) groups excluding carboxylic acids is 1. The van der Waals surface area contributed by atoms with Crippen LogP contribution >= 0.6 is 22.9 Å². The zero-order valence-electron chi connectivity index (χ0n) is 19.5. The monoisotopic (exact) mass is 529 g/mol. The minimum atomic E-state index is -1.02. The van der Waals surface area contributed by atoms with Crippen LogP contribution in [0, 0.1) is 0 Å². The normalized spacial score (nSPS) is 15.2. The summed E-state index contributed by atoms with van der Waals surface area (Å²) in [5.74, 6) is -1.38. The second kappa shape index (κ2) is 10.0. The third kappa shape index (κ3) is 4.89. The van der Waals surface area contributed by atoms with Gasteiger partial charge >= 0.3 is 5.97 Å². The first kappa shape index (κ1) is 24.4. The van der Waals surface area contributed by atoms with Crippen LogP contribution in [0.1, 0.15) is 34.5 Å². The summed E-state index contributed by atoms with van der Waals surface area (Å²) < 4.78 is 1.94. The molecule has 37 heavy (non-hydrogen) atoms. The van der Waals surface area contributed by atoms with Crippen LogP contribution in [-0.4, -0.2) is 21.6 Å². The Morgan fingerprint density at radius 2 is 1.70 bits per heavy atom. The van der Waals surface area contributed by atoms with Gasteiger partial charge < -0.3 is 10.4 Å². The Bertz CT molecular complexity index is 1720. The fraction of sp³-hybridized carbons (Fsp3) is 0.0714. The lowest BCUT2D eigenvalue weighted by Crippen LogP contribution is -2.40. The summed E-state index contributed by atoms with van der Waals surface area (Å²) in [7, 11) is 0. The van der Waals surface area contributed by atoms with E-state index in [1.807, 2.05) is 18.2 Å². The van der Waals surface area contributed by atoms with Crippen molar-refractivity contribution < 1.29 is 14.7 Å². The maximum absolute atomic E-state index is 13.7. The van der Waals surface area contributed by atoms with Gasteiger partial charge in [0, 0.05) is 10.7 Å². The van der Waals surface area contributed by atoms with E-state index in [4.69, 9.17) is 16.7 Å². The number of halogens is 1. The summed E-state index contributed by atoms with van der Waals surface area (Å²) in [4.78, 5) is 43.4. The molecule has 3 aromatic carbocycles. The number of carboxylic acids is 1. The number of nitrogens with one attached hydrogen (secondary N) is 1. The number of rotatable bonds is 5. The van der Waals surface area contributed by atoms with Crippen molar-refractivity contribution in [3.05, 3.63) is 132 Å². The number of hydrogen-bond donors (Lipinski definition) is 2. The predicted octanol–water partition coefficient (Wildman–Crippen LogP) is 4.23. The Kier molecular flexibility index (Phi) is 6.60. The van der Waals surface area contributed by atoms with Crippen molar-refractivity contribution in [2.75, 3.05) is 5.32 Å². The second-order valence-corrected chi connectivity index (χ2v) is 9.83. The zero-order valence-corrected chi connectivity index (χ0v) is 21.1. The summed E-state index contributed by atoms with van der Waals surface area (Å²) in [5, 5.41) is 12.6. The molecule has 4 aromatic rings. The maximum Gasteiger partial charge on any atom is 0.335 e. The van der Waals surface area contributed by atoms with E-state index in [1.54, 1.807) is 61.5 Å². The molecule has 0 aliphatic carbocycles. The standard InChI is InChI=1S/C28H20ClN3O4S/c1-16-23(25(33)31-21-5-3-2-4-6-21)24(18-11-13-20(29)14-12-18)32-26(34)22(37-28(32)30-16)15-17-7-9-19(10-8-17)27(35)36/h2-15,24H,1H3,(H,31,33)(H,35,36)/b22-15-/t24-/m1/s1. The largest absolute Gasteiger partial charge is 0.478 e. The molecule has 0 radical (unpaired) electrons. The van der Waals surface area contributed by atoms with E-state index in [1.165, 1.54) is 28.0 Å². The van der Waals surface area contributed by atoms with Crippen LogP contribution in [0.4, 0.5) is 5.69 Å². The van der Waals surface area contributed by atoms with E-state index in [0.29, 0.717) is 36.9 Å². The van der Waals surface area contributed by atoms with Crippen LogP contribution in [-0.2, 0) is 4.79 Å². The van der Waals surface area contributed by atoms with E-state index in [0.717, 1.165) is 5.56 Å². The summed E-state index contributed by atoms with van der Waals surface area (Å²) in [6.07, 6.45) is 1.69. The topological polar surface area (TPSA) is 101 Å². The van der Waals surface area contributed by atoms with Gasteiger partial charge in [0.2, 0.25) is 0 Å². The SMILES string of the molecule is CC1=C(C(=O)Nc2ccccc2)[C@@H](c2ccc(Cl)cc2)n2c(s/c(=C\c3ccc(C(=O)O)cc3)c2=O)=N1. The first-order chi connectivity index (χ1) is 17.8. The van der Waals surface area contributed by atoms with Gasteiger partial charge in [-0.15, -0.1) is 0 Å². The highest BCUT2D eigenvalue weighted by Crippen LogP contribution is 2.31. The van der Waals surface area contributed by atoms with Crippen molar-refractivity contribution in [3.8, 4) is 0 Å². The summed E-state index contributed by atoms with van der Waals surface area (Å²) in [6.45, 7) is 1.75. The summed E-state index contributed by atoms with van der Waals surface area (Å²) in [5.41, 5.74) is 2.74. The van der Waals surface area contributed by atoms with Crippen molar-refractivity contribution in [2.45, 2.75) is 13.0 Å². The Morgan fingerprint density at radius 3 is 2.35 bits per heavy atom. The molecular formula is C28H20ClN3O4S. The number of carbonyl (C=O) groups is 2. The minimum Gasteiger partial charge on any atom is -0.478 e. The van der Waals surface area contributed by atoms with Crippen LogP contribution in [0.25, 0.3) is 6.08 Å². The first-order valence-corrected chi connectivity index (χ1v) is 12.5. The molecule has 5 rings (SSSR count). The Labute approximate surface area is 220 Å². The molecule has 2 heterocycles. The highest BCUT2D eigenvalue weighted by atomic mass is 35.5. The summed E-state index contributed by atoms with van der Waals surface area (Å²) >= 11 is 7.33. The van der Waals surface area contributed by atoms with Gasteiger partial charge in [0.15, 0.2) is 4.80 Å². The number of amides is 1. The number of aromatic nitrogens is 1. The molecule has 1 aliphatic heterocycles. The molecule has 9 heteroatoms. The van der Waals surface area contributed by atoms with Gasteiger partial charge in [0.25, 0.3) is 11.5 Å². The number of anilines is 1. The zero-order chi connectivity index (χ0) is 26.1. The number of hydrogen-bond acceptors (Lipinski definition) is 5. The van der Waals surface area contributed by atoms with Crippen molar-refractivity contribution >= 4 is 46.6 Å². The van der Waals surface area contributed by atoms with Crippen LogP contribution in [0.2, 0.25) is 5.02 Å². The van der Waals surface area contributed by atoms with Gasteiger partial charge in [0.05, 0.1) is 27.4 Å². The van der Waals surface area contributed by atoms with Crippen LogP contribution < -0.4 is 20.2 Å². The van der Waals surface area contributed by atoms with Gasteiger partial charge in [0.1, 0.15) is 0 Å². The molecule has 1 amide bonds. The van der Waals surface area contributed by atoms with Crippen LogP contribution in [0.3, 0.4) is 0 Å². The molecule has 2 N–H and O–H groups in total. The Hall–Kier alpha value is -4.27. The van der Waals surface area contributed by atoms with Crippen molar-refractivity contribution in [1.82, 2.24) is 4.57 Å². The fourth-order valence-corrected chi connectivity index (χ4v) is 5.34. The number of carboxylic acid groups (broad SMARTS) is 1. The smallest absolute Gasteiger partial charge is 0.335 e. The first-order valence-electron chi connectivity index (χ1n) is 11.3. The number of benzene rings is 3. The van der Waals surface area contributed by atoms with E-state index in [-0.39, 0.29) is 17.0 Å². The highest BCUT2D eigenvalue weighted by Gasteiger charge is 2.32. The Morgan fingerprint density at radius 1 is 1.03 bits per heavy atom. The van der Waals surface area contributed by atoms with Crippen molar-refractivity contribution in [1.29, 1.82) is 0 Å². The molecule has 1 aliphatic rings. The average molecular weight is 530 g/mol. The van der Waals surface area contributed by atoms with Gasteiger partial charge in [-0.3, -0.25) is 14.2 Å². The summed E-state index contributed by atoms with van der Waals surface area (Å²) in [6, 6.07) is 21.7. The molecule has 7 nitrogen and oxygen atoms in total. The van der Waals surface area contributed by atoms with Crippen LogP contribution in [0.15, 0.2) is 99.9 Å². The second-order valence-electron chi connectivity index (χ2n) is 8.38. The van der Waals surface area contributed by atoms with Gasteiger partial charge in [-0.1, -0.05) is 65.4 Å². The number of fused-ring (bicyclic) bond motifs is 1. The van der Waals surface area contributed by atoms with Gasteiger partial charge in [-0.2, -0.15) is 0 Å². The number of nitrogens with zero attached hydrogens (tertiary/aromatic N) is 2. The molecule has 0 unspecified atom stereocenters. The highest BCUT2D eigenvalue weighted by molar-refractivity contribution is 7.07. The van der Waals surface area contributed by atoms with Crippen LogP contribution in [0.5, 0.6) is 0 Å². The molecule has 184 valence electrons. The molecule has 0 fully saturated rings. The van der Waals surface area contributed by atoms with E-state index in [2.05, 4.69) is 10.3 Å². The minimum absolute atomic E-state index is 0.158. The fourth-order valence-electron chi connectivity index (χ4n) is 4.17. The molecule has 0 saturated heterocycles. The molecule has 0 saturated carbocycles. The molecular weight excluding hydrogens is 510 g/mol. The average Bonchev–Trinajstić information content (AvgIpc) is 3.18. The van der Waals surface area contributed by atoms with Crippen molar-refractivity contribution in [2.24, 2.45) is 4.99 Å². The van der Waals surface area contributed by atoms with E-state index < -0.39 is 12.0 Å². The lowest BCUT2D eigenvalue weighted by molar-refractivity contribution is -0.113. The number of para-hydroxylation sites is 1. The predicted molar refractivity (Wildman–Crippen MR) is 144 cm³/mol. The number of aromatic carboxylic acids is 1. The lowest BCUT2D eigenvalue weighted by Gasteiger charge is -2.25.